The summed E-state index contributed by atoms with van der Waals surface area (Å²) in [5.74, 6) is 1.56. The normalized spacial score (nSPS) is 15.8. The van der Waals surface area contributed by atoms with Crippen LogP contribution in [0.2, 0.25) is 0 Å². The van der Waals surface area contributed by atoms with Gasteiger partial charge in [-0.25, -0.2) is 0 Å². The van der Waals surface area contributed by atoms with Crippen LogP contribution in [0.15, 0.2) is 52.3 Å². The number of hydrogen-bond donors (Lipinski definition) is 3. The first-order valence-corrected chi connectivity index (χ1v) is 10.3. The van der Waals surface area contributed by atoms with Crippen molar-refractivity contribution in [3.8, 4) is 0 Å². The molecular weight excluding hydrogens is 368 g/mol. The highest BCUT2D eigenvalue weighted by Crippen LogP contribution is 2.25. The Kier molecular flexibility index (Phi) is 8.06. The third-order valence-electron chi connectivity index (χ3n) is 4.85. The van der Waals surface area contributed by atoms with Crippen LogP contribution < -0.4 is 16.0 Å². The van der Waals surface area contributed by atoms with Gasteiger partial charge in [-0.3, -0.25) is 19.7 Å². The van der Waals surface area contributed by atoms with Crippen LogP contribution in [0.4, 0.5) is 0 Å². The topological polar surface area (TPSA) is 94.8 Å². The SMILES string of the molecule is CCNC(=NCC(c1ccco1)N1CCCC1)NCCNC(=O)c1cccnc1. The fourth-order valence-electron chi connectivity index (χ4n) is 3.40. The Morgan fingerprint density at radius 1 is 1.21 bits per heavy atom. The molecule has 2 aromatic rings. The molecule has 1 atom stereocenters. The van der Waals surface area contributed by atoms with E-state index in [4.69, 9.17) is 9.41 Å². The van der Waals surface area contributed by atoms with Crippen molar-refractivity contribution in [1.29, 1.82) is 0 Å². The van der Waals surface area contributed by atoms with E-state index < -0.39 is 0 Å². The molecule has 1 aliphatic rings. The number of aliphatic imine (C=N–C) groups is 1. The van der Waals surface area contributed by atoms with Gasteiger partial charge >= 0.3 is 0 Å². The molecule has 0 radical (unpaired) electrons. The molecule has 0 aliphatic carbocycles. The lowest BCUT2D eigenvalue weighted by Gasteiger charge is -2.24. The smallest absolute Gasteiger partial charge is 0.252 e. The number of aromatic nitrogens is 1. The summed E-state index contributed by atoms with van der Waals surface area (Å²) in [5.41, 5.74) is 0.556. The molecule has 1 saturated heterocycles. The first kappa shape index (κ1) is 20.9. The quantitative estimate of drug-likeness (QED) is 0.339. The van der Waals surface area contributed by atoms with Gasteiger partial charge in [0.05, 0.1) is 24.4 Å². The third kappa shape index (κ3) is 6.32. The minimum Gasteiger partial charge on any atom is -0.468 e. The van der Waals surface area contributed by atoms with Gasteiger partial charge in [0.15, 0.2) is 5.96 Å². The number of likely N-dealkylation sites (tertiary alicyclic amines) is 1. The summed E-state index contributed by atoms with van der Waals surface area (Å²) < 4.78 is 5.66. The molecular formula is C21H30N6O2. The molecule has 0 saturated carbocycles. The van der Waals surface area contributed by atoms with Crippen LogP contribution in [0.5, 0.6) is 0 Å². The van der Waals surface area contributed by atoms with Crippen LogP contribution in [0.1, 0.15) is 41.9 Å². The maximum atomic E-state index is 12.1. The second-order valence-electron chi connectivity index (χ2n) is 6.92. The average molecular weight is 399 g/mol. The molecule has 2 aromatic heterocycles. The van der Waals surface area contributed by atoms with E-state index in [2.05, 4.69) is 25.8 Å². The molecule has 3 heterocycles. The number of hydrogen-bond acceptors (Lipinski definition) is 5. The van der Waals surface area contributed by atoms with Crippen molar-refractivity contribution in [1.82, 2.24) is 25.8 Å². The number of rotatable bonds is 9. The van der Waals surface area contributed by atoms with Gasteiger partial charge in [0.25, 0.3) is 5.91 Å². The minimum atomic E-state index is -0.131. The number of nitrogens with zero attached hydrogens (tertiary/aromatic N) is 3. The second kappa shape index (κ2) is 11.2. The average Bonchev–Trinajstić information content (AvgIpc) is 3.46. The highest BCUT2D eigenvalue weighted by Gasteiger charge is 2.25. The Morgan fingerprint density at radius 2 is 2.03 bits per heavy atom. The van der Waals surface area contributed by atoms with Gasteiger partial charge in [-0.2, -0.15) is 0 Å². The molecule has 3 N–H and O–H groups in total. The molecule has 29 heavy (non-hydrogen) atoms. The molecule has 1 amide bonds. The fraction of sp³-hybridized carbons (Fsp3) is 0.476. The molecule has 8 heteroatoms. The standard InChI is InChI=1S/C21H30N6O2/c1-2-23-21(25-11-10-24-20(28)17-7-5-9-22-15-17)26-16-18(19-8-6-14-29-19)27-12-3-4-13-27/h5-9,14-15,18H,2-4,10-13,16H2,1H3,(H,24,28)(H2,23,25,26). The largest absolute Gasteiger partial charge is 0.468 e. The first-order chi connectivity index (χ1) is 14.3. The highest BCUT2D eigenvalue weighted by molar-refractivity contribution is 5.93. The van der Waals surface area contributed by atoms with Crippen LogP contribution in [-0.2, 0) is 0 Å². The summed E-state index contributed by atoms with van der Waals surface area (Å²) >= 11 is 0. The number of carbonyl (C=O) groups excluding carboxylic acids is 1. The summed E-state index contributed by atoms with van der Waals surface area (Å²) in [6, 6.07) is 7.59. The van der Waals surface area contributed by atoms with Crippen molar-refractivity contribution >= 4 is 11.9 Å². The Morgan fingerprint density at radius 3 is 2.72 bits per heavy atom. The maximum absolute atomic E-state index is 12.1. The molecule has 1 aliphatic heterocycles. The number of furan rings is 1. The Balaban J connectivity index is 1.51. The van der Waals surface area contributed by atoms with Gasteiger partial charge in [0, 0.05) is 32.0 Å². The number of pyridine rings is 1. The van der Waals surface area contributed by atoms with Crippen molar-refractivity contribution in [2.24, 2.45) is 4.99 Å². The number of carbonyl (C=O) groups is 1. The van der Waals surface area contributed by atoms with Crippen molar-refractivity contribution in [2.75, 3.05) is 39.3 Å². The van der Waals surface area contributed by atoms with Crippen molar-refractivity contribution in [2.45, 2.75) is 25.8 Å². The predicted octanol–water partition coefficient (Wildman–Crippen LogP) is 1.80. The minimum absolute atomic E-state index is 0.131. The lowest BCUT2D eigenvalue weighted by Crippen LogP contribution is -2.42. The van der Waals surface area contributed by atoms with E-state index in [-0.39, 0.29) is 11.9 Å². The number of amides is 1. The van der Waals surface area contributed by atoms with Crippen LogP contribution in [-0.4, -0.2) is 61.0 Å². The second-order valence-corrected chi connectivity index (χ2v) is 6.92. The van der Waals surface area contributed by atoms with Crippen LogP contribution in [0.25, 0.3) is 0 Å². The van der Waals surface area contributed by atoms with E-state index in [0.29, 0.717) is 25.2 Å². The van der Waals surface area contributed by atoms with Gasteiger partial charge in [0.2, 0.25) is 0 Å². The molecule has 3 rings (SSSR count). The predicted molar refractivity (Wildman–Crippen MR) is 113 cm³/mol. The Bertz CT molecular complexity index is 757. The summed E-state index contributed by atoms with van der Waals surface area (Å²) in [5, 5.41) is 9.42. The van der Waals surface area contributed by atoms with E-state index in [1.54, 1.807) is 30.8 Å². The zero-order chi connectivity index (χ0) is 20.3. The highest BCUT2D eigenvalue weighted by atomic mass is 16.3. The molecule has 1 fully saturated rings. The van der Waals surface area contributed by atoms with Crippen molar-refractivity contribution < 1.29 is 9.21 Å². The summed E-state index contributed by atoms with van der Waals surface area (Å²) in [4.78, 5) is 23.2. The van der Waals surface area contributed by atoms with E-state index in [0.717, 1.165) is 31.4 Å². The van der Waals surface area contributed by atoms with Crippen LogP contribution >= 0.6 is 0 Å². The van der Waals surface area contributed by atoms with Gasteiger partial charge in [-0.05, 0) is 57.1 Å². The number of guanidine groups is 1. The monoisotopic (exact) mass is 398 g/mol. The first-order valence-electron chi connectivity index (χ1n) is 10.3. The number of nitrogens with one attached hydrogen (secondary N) is 3. The maximum Gasteiger partial charge on any atom is 0.252 e. The van der Waals surface area contributed by atoms with E-state index in [1.807, 2.05) is 19.1 Å². The van der Waals surface area contributed by atoms with Gasteiger partial charge < -0.3 is 20.4 Å². The lowest BCUT2D eigenvalue weighted by atomic mass is 10.2. The zero-order valence-corrected chi connectivity index (χ0v) is 16.9. The summed E-state index contributed by atoms with van der Waals surface area (Å²) in [6.07, 6.45) is 7.36. The fourth-order valence-corrected chi connectivity index (χ4v) is 3.40. The Hall–Kier alpha value is -2.87. The molecule has 0 spiro atoms. The lowest BCUT2D eigenvalue weighted by molar-refractivity contribution is 0.0954. The molecule has 156 valence electrons. The summed E-state index contributed by atoms with van der Waals surface area (Å²) in [7, 11) is 0. The van der Waals surface area contributed by atoms with Crippen LogP contribution in [0.3, 0.4) is 0 Å². The summed E-state index contributed by atoms with van der Waals surface area (Å²) in [6.45, 7) is 6.63. The molecule has 0 aromatic carbocycles. The molecule has 1 unspecified atom stereocenters. The molecule has 0 bridgehead atoms. The van der Waals surface area contributed by atoms with Gasteiger partial charge in [-0.15, -0.1) is 0 Å². The van der Waals surface area contributed by atoms with E-state index >= 15 is 0 Å². The van der Waals surface area contributed by atoms with E-state index in [9.17, 15) is 4.79 Å². The zero-order valence-electron chi connectivity index (χ0n) is 16.9. The van der Waals surface area contributed by atoms with Gasteiger partial charge in [0.1, 0.15) is 5.76 Å². The van der Waals surface area contributed by atoms with E-state index in [1.165, 1.54) is 12.8 Å². The Labute approximate surface area is 171 Å². The van der Waals surface area contributed by atoms with Gasteiger partial charge in [-0.1, -0.05) is 0 Å². The van der Waals surface area contributed by atoms with Crippen molar-refractivity contribution in [3.63, 3.8) is 0 Å². The van der Waals surface area contributed by atoms with Crippen LogP contribution in [0, 0.1) is 0 Å². The molecule has 8 nitrogen and oxygen atoms in total. The third-order valence-corrected chi connectivity index (χ3v) is 4.85. The van der Waals surface area contributed by atoms with Crippen molar-refractivity contribution in [3.05, 3.63) is 54.2 Å².